The monoisotopic (exact) mass is 352 g/mol. The zero-order valence-corrected chi connectivity index (χ0v) is 15.3. The average Bonchev–Trinajstić information content (AvgIpc) is 2.76. The van der Waals surface area contributed by atoms with E-state index in [1.165, 1.54) is 36.9 Å². The topological polar surface area (TPSA) is 32.3 Å². The molecule has 0 radical (unpaired) electrons. The Kier molecular flexibility index (Phi) is 4.82. The highest BCUT2D eigenvalue weighted by Crippen LogP contribution is 2.28. The zero-order valence-electron chi connectivity index (χ0n) is 14.5. The second-order valence-electron chi connectivity index (χ2n) is 7.23. The fourth-order valence-corrected chi connectivity index (χ4v) is 4.09. The van der Waals surface area contributed by atoms with Crippen LogP contribution < -0.4 is 5.32 Å². The molecule has 0 atom stereocenters. The molecule has 0 saturated heterocycles. The Bertz CT molecular complexity index is 761. The molecule has 3 aliphatic rings. The van der Waals surface area contributed by atoms with Gasteiger partial charge in [-0.05, 0) is 55.0 Å². The van der Waals surface area contributed by atoms with Gasteiger partial charge < -0.3 is 5.32 Å². The Morgan fingerprint density at radius 3 is 2.68 bits per heavy atom. The van der Waals surface area contributed by atoms with Crippen LogP contribution in [0.25, 0.3) is 0 Å². The lowest BCUT2D eigenvalue weighted by Gasteiger charge is -2.36. The van der Waals surface area contributed by atoms with Crippen LogP contribution in [0.3, 0.4) is 0 Å². The maximum absolute atomic E-state index is 12.4. The number of carbonyl (C=O) groups is 1. The quantitative estimate of drug-likeness (QED) is 0.839. The molecule has 0 aromatic heterocycles. The number of benzene rings is 1. The van der Waals surface area contributed by atoms with E-state index >= 15 is 0 Å². The van der Waals surface area contributed by atoms with Crippen LogP contribution in [0, 0.1) is 0 Å². The first-order valence-electron chi connectivity index (χ1n) is 9.27. The van der Waals surface area contributed by atoms with Crippen molar-refractivity contribution in [1.82, 2.24) is 4.90 Å². The molecular weight excluding hydrogens is 328 g/mol. The first-order chi connectivity index (χ1) is 12.2. The standard InChI is InChI=1S/C21H24N2OS/c24-21(17-3-1-6-20(25)14-17)22-18-8-7-15-9-11-23(19-4-2-5-19)12-10-16(15)13-18/h1,3,7-8,13-14,19H,2,4-6,9-12H2,(H,22,24). The first kappa shape index (κ1) is 16.7. The summed E-state index contributed by atoms with van der Waals surface area (Å²) < 4.78 is 0. The van der Waals surface area contributed by atoms with Gasteiger partial charge in [0.25, 0.3) is 5.91 Å². The number of nitrogens with one attached hydrogen (secondary N) is 1. The lowest BCUT2D eigenvalue weighted by atomic mass is 9.91. The summed E-state index contributed by atoms with van der Waals surface area (Å²) in [5.41, 5.74) is 4.33. The van der Waals surface area contributed by atoms with Gasteiger partial charge in [0.05, 0.1) is 0 Å². The molecule has 4 rings (SSSR count). The maximum atomic E-state index is 12.4. The van der Waals surface area contributed by atoms with Crippen LogP contribution in [0.4, 0.5) is 5.69 Å². The molecule has 1 fully saturated rings. The highest BCUT2D eigenvalue weighted by Gasteiger charge is 2.26. The summed E-state index contributed by atoms with van der Waals surface area (Å²) in [6, 6.07) is 7.18. The Morgan fingerprint density at radius 1 is 1.16 bits per heavy atom. The molecule has 1 N–H and O–H groups in total. The molecule has 4 heteroatoms. The van der Waals surface area contributed by atoms with Gasteiger partial charge in [0.1, 0.15) is 0 Å². The van der Waals surface area contributed by atoms with Crippen LogP contribution in [0.2, 0.25) is 0 Å². The van der Waals surface area contributed by atoms with Crippen molar-refractivity contribution in [1.29, 1.82) is 0 Å². The molecule has 1 aromatic carbocycles. The molecule has 0 spiro atoms. The minimum Gasteiger partial charge on any atom is -0.322 e. The second-order valence-corrected chi connectivity index (χ2v) is 7.76. The molecular formula is C21H24N2OS. The van der Waals surface area contributed by atoms with Crippen molar-refractivity contribution < 1.29 is 4.79 Å². The number of hydrogen-bond acceptors (Lipinski definition) is 3. The SMILES string of the molecule is O=C(Nc1ccc2c(c1)CCN(C1CCC1)CC2)C1=CC(=S)CC=C1. The number of hydrogen-bond donors (Lipinski definition) is 1. The van der Waals surface area contributed by atoms with Crippen molar-refractivity contribution in [3.05, 3.63) is 53.1 Å². The minimum absolute atomic E-state index is 0.0806. The van der Waals surface area contributed by atoms with Gasteiger partial charge in [0.15, 0.2) is 0 Å². The van der Waals surface area contributed by atoms with E-state index in [0.29, 0.717) is 5.57 Å². The van der Waals surface area contributed by atoms with Gasteiger partial charge in [-0.2, -0.15) is 0 Å². The van der Waals surface area contributed by atoms with Crippen LogP contribution in [-0.2, 0) is 17.6 Å². The smallest absolute Gasteiger partial charge is 0.255 e. The normalized spacial score (nSPS) is 21.1. The zero-order chi connectivity index (χ0) is 17.2. The predicted octanol–water partition coefficient (Wildman–Crippen LogP) is 3.83. The Hall–Kier alpha value is -1.78. The maximum Gasteiger partial charge on any atom is 0.255 e. The number of rotatable bonds is 3. The summed E-state index contributed by atoms with van der Waals surface area (Å²) in [7, 11) is 0. The first-order valence-corrected chi connectivity index (χ1v) is 9.68. The third-order valence-electron chi connectivity index (χ3n) is 5.59. The molecule has 25 heavy (non-hydrogen) atoms. The third-order valence-corrected chi connectivity index (χ3v) is 5.87. The van der Waals surface area contributed by atoms with E-state index in [4.69, 9.17) is 12.2 Å². The molecule has 0 bridgehead atoms. The molecule has 1 aromatic rings. The van der Waals surface area contributed by atoms with Crippen molar-refractivity contribution in [2.75, 3.05) is 18.4 Å². The van der Waals surface area contributed by atoms with Crippen LogP contribution in [0.1, 0.15) is 36.8 Å². The highest BCUT2D eigenvalue weighted by atomic mass is 32.1. The summed E-state index contributed by atoms with van der Waals surface area (Å²) >= 11 is 5.20. The average molecular weight is 353 g/mol. The lowest BCUT2D eigenvalue weighted by Crippen LogP contribution is -2.41. The van der Waals surface area contributed by atoms with Crippen molar-refractivity contribution in [3.8, 4) is 0 Å². The van der Waals surface area contributed by atoms with E-state index in [2.05, 4.69) is 22.3 Å². The number of fused-ring (bicyclic) bond motifs is 1. The number of allylic oxidation sites excluding steroid dienone is 2. The van der Waals surface area contributed by atoms with Gasteiger partial charge in [-0.25, -0.2) is 0 Å². The van der Waals surface area contributed by atoms with Gasteiger partial charge in [-0.1, -0.05) is 36.9 Å². The summed E-state index contributed by atoms with van der Waals surface area (Å²) in [5.74, 6) is -0.0806. The molecule has 2 aliphatic carbocycles. The van der Waals surface area contributed by atoms with E-state index in [0.717, 1.165) is 42.4 Å². The fraction of sp³-hybridized carbons (Fsp3) is 0.429. The number of anilines is 1. The molecule has 1 saturated carbocycles. The van der Waals surface area contributed by atoms with E-state index < -0.39 is 0 Å². The Balaban J connectivity index is 1.45. The van der Waals surface area contributed by atoms with Crippen molar-refractivity contribution in [3.63, 3.8) is 0 Å². The van der Waals surface area contributed by atoms with Gasteiger partial charge >= 0.3 is 0 Å². The Morgan fingerprint density at radius 2 is 1.96 bits per heavy atom. The van der Waals surface area contributed by atoms with Gasteiger partial charge in [0, 0.05) is 41.7 Å². The molecule has 3 nitrogen and oxygen atoms in total. The predicted molar refractivity (Wildman–Crippen MR) is 106 cm³/mol. The summed E-state index contributed by atoms with van der Waals surface area (Å²) in [6.07, 6.45) is 12.6. The summed E-state index contributed by atoms with van der Waals surface area (Å²) in [6.45, 7) is 2.30. The van der Waals surface area contributed by atoms with Gasteiger partial charge in [-0.15, -0.1) is 0 Å². The van der Waals surface area contributed by atoms with E-state index in [-0.39, 0.29) is 5.91 Å². The van der Waals surface area contributed by atoms with Crippen molar-refractivity contribution in [2.24, 2.45) is 0 Å². The van der Waals surface area contributed by atoms with E-state index in [9.17, 15) is 4.79 Å². The van der Waals surface area contributed by atoms with Crippen LogP contribution in [0.15, 0.2) is 42.0 Å². The van der Waals surface area contributed by atoms with Crippen molar-refractivity contribution in [2.45, 2.75) is 44.6 Å². The molecule has 1 amide bonds. The number of thiocarbonyl (C=S) groups is 1. The minimum atomic E-state index is -0.0806. The van der Waals surface area contributed by atoms with Crippen LogP contribution in [-0.4, -0.2) is 34.8 Å². The highest BCUT2D eigenvalue weighted by molar-refractivity contribution is 7.80. The molecule has 130 valence electrons. The largest absolute Gasteiger partial charge is 0.322 e. The molecule has 1 heterocycles. The molecule has 1 aliphatic heterocycles. The van der Waals surface area contributed by atoms with Crippen LogP contribution in [0.5, 0.6) is 0 Å². The Labute approximate surface area is 154 Å². The fourth-order valence-electron chi connectivity index (χ4n) is 3.86. The van der Waals surface area contributed by atoms with E-state index in [1.54, 1.807) is 6.08 Å². The number of amides is 1. The van der Waals surface area contributed by atoms with Crippen molar-refractivity contribution >= 4 is 28.7 Å². The number of carbonyl (C=O) groups excluding carboxylic acids is 1. The molecule has 0 unspecified atom stereocenters. The summed E-state index contributed by atoms with van der Waals surface area (Å²) in [5, 5.41) is 3.03. The van der Waals surface area contributed by atoms with Gasteiger partial charge in [-0.3, -0.25) is 9.69 Å². The van der Waals surface area contributed by atoms with Gasteiger partial charge in [0.2, 0.25) is 0 Å². The lowest BCUT2D eigenvalue weighted by molar-refractivity contribution is -0.112. The van der Waals surface area contributed by atoms with E-state index in [1.807, 2.05) is 18.2 Å². The third kappa shape index (κ3) is 3.75. The number of nitrogens with zero attached hydrogens (tertiary/aromatic N) is 1. The second kappa shape index (κ2) is 7.22. The van der Waals surface area contributed by atoms with Crippen LogP contribution >= 0.6 is 12.2 Å². The summed E-state index contributed by atoms with van der Waals surface area (Å²) in [4.78, 5) is 15.9.